The SMILES string of the molecule is COc1ccc2ncc(N(C)C)c(C(O)CCC3(C(=O)NO)CCN(CCSc4c(F)cc(F)cc4F)CC3)c2c1. The second-order valence-corrected chi connectivity index (χ2v) is 11.6. The second kappa shape index (κ2) is 13.3. The number of methoxy groups -OCH3 is 1. The molecule has 12 heteroatoms. The number of anilines is 1. The molecule has 1 amide bonds. The van der Waals surface area contributed by atoms with Crippen molar-refractivity contribution in [2.24, 2.45) is 5.41 Å². The Kier molecular flexibility index (Phi) is 10.0. The fraction of sp³-hybridized carbons (Fsp3) is 0.448. The van der Waals surface area contributed by atoms with Gasteiger partial charge >= 0.3 is 0 Å². The maximum atomic E-state index is 14.0. The maximum absolute atomic E-state index is 14.0. The van der Waals surface area contributed by atoms with Crippen LogP contribution in [0.15, 0.2) is 41.4 Å². The number of aromatic nitrogens is 1. The summed E-state index contributed by atoms with van der Waals surface area (Å²) in [6, 6.07) is 6.80. The molecule has 2 aromatic carbocycles. The van der Waals surface area contributed by atoms with Gasteiger partial charge in [-0.15, -0.1) is 11.8 Å². The normalized spacial score (nSPS) is 16.0. The topological polar surface area (TPSA) is 98.2 Å². The van der Waals surface area contributed by atoms with Crippen LogP contribution in [0.2, 0.25) is 0 Å². The van der Waals surface area contributed by atoms with E-state index in [4.69, 9.17) is 4.74 Å². The first kappa shape index (κ1) is 30.9. The predicted molar refractivity (Wildman–Crippen MR) is 152 cm³/mol. The average Bonchev–Trinajstić information content (AvgIpc) is 2.96. The lowest BCUT2D eigenvalue weighted by molar-refractivity contribution is -0.143. The number of hydrogen-bond donors (Lipinski definition) is 3. The van der Waals surface area contributed by atoms with E-state index in [0.717, 1.165) is 22.8 Å². The number of piperidine rings is 1. The Balaban J connectivity index is 1.44. The zero-order chi connectivity index (χ0) is 29.7. The minimum Gasteiger partial charge on any atom is -0.497 e. The number of nitrogens with zero attached hydrogens (tertiary/aromatic N) is 3. The number of thioether (sulfide) groups is 1. The highest BCUT2D eigenvalue weighted by Gasteiger charge is 2.41. The van der Waals surface area contributed by atoms with Gasteiger partial charge in [0.25, 0.3) is 0 Å². The molecule has 0 saturated carbocycles. The third-order valence-corrected chi connectivity index (χ3v) is 8.89. The first-order valence-corrected chi connectivity index (χ1v) is 14.3. The number of pyridine rings is 1. The number of ether oxygens (including phenoxy) is 1. The number of aliphatic hydroxyl groups excluding tert-OH is 1. The first-order valence-electron chi connectivity index (χ1n) is 13.3. The van der Waals surface area contributed by atoms with Crippen molar-refractivity contribution in [2.75, 3.05) is 51.5 Å². The molecule has 1 saturated heterocycles. The third kappa shape index (κ3) is 6.88. The zero-order valence-electron chi connectivity index (χ0n) is 23.3. The minimum atomic E-state index is -0.959. The number of hydrogen-bond acceptors (Lipinski definition) is 8. The smallest absolute Gasteiger partial charge is 0.249 e. The van der Waals surface area contributed by atoms with Crippen LogP contribution in [0.4, 0.5) is 18.9 Å². The van der Waals surface area contributed by atoms with E-state index < -0.39 is 34.9 Å². The molecular weight excluding hydrogens is 557 g/mol. The van der Waals surface area contributed by atoms with E-state index in [9.17, 15) is 28.3 Å². The number of rotatable bonds is 11. The van der Waals surface area contributed by atoms with E-state index in [-0.39, 0.29) is 11.3 Å². The summed E-state index contributed by atoms with van der Waals surface area (Å²) in [6.07, 6.45) is 2.26. The molecule has 0 bridgehead atoms. The van der Waals surface area contributed by atoms with Gasteiger partial charge in [0.2, 0.25) is 5.91 Å². The van der Waals surface area contributed by atoms with Gasteiger partial charge in [-0.05, 0) is 57.0 Å². The molecule has 222 valence electrons. The lowest BCUT2D eigenvalue weighted by Crippen LogP contribution is -2.48. The fourth-order valence-electron chi connectivity index (χ4n) is 5.43. The lowest BCUT2D eigenvalue weighted by Gasteiger charge is -2.40. The van der Waals surface area contributed by atoms with Crippen LogP contribution < -0.4 is 15.1 Å². The van der Waals surface area contributed by atoms with Crippen LogP contribution in [0.3, 0.4) is 0 Å². The molecule has 8 nitrogen and oxygen atoms in total. The molecule has 0 aliphatic carbocycles. The Bertz CT molecular complexity index is 1360. The van der Waals surface area contributed by atoms with Gasteiger partial charge in [-0.3, -0.25) is 15.0 Å². The van der Waals surface area contributed by atoms with E-state index in [1.807, 2.05) is 36.6 Å². The molecule has 1 aromatic heterocycles. The van der Waals surface area contributed by atoms with Crippen LogP contribution in [-0.4, -0.2) is 72.7 Å². The largest absolute Gasteiger partial charge is 0.497 e. The molecule has 1 unspecified atom stereocenters. The Morgan fingerprint density at radius 3 is 2.49 bits per heavy atom. The van der Waals surface area contributed by atoms with Crippen molar-refractivity contribution in [3.05, 3.63) is 59.5 Å². The first-order chi connectivity index (χ1) is 19.6. The summed E-state index contributed by atoms with van der Waals surface area (Å²) in [4.78, 5) is 21.2. The summed E-state index contributed by atoms with van der Waals surface area (Å²) in [5.74, 6) is -2.30. The summed E-state index contributed by atoms with van der Waals surface area (Å²) >= 11 is 0.977. The fourth-order valence-corrected chi connectivity index (χ4v) is 6.38. The molecule has 3 aromatic rings. The number of carbonyl (C=O) groups is 1. The van der Waals surface area contributed by atoms with E-state index in [1.165, 1.54) is 0 Å². The van der Waals surface area contributed by atoms with E-state index in [1.54, 1.807) is 19.4 Å². The quantitative estimate of drug-likeness (QED) is 0.164. The number of likely N-dealkylation sites (tertiary alicyclic amines) is 1. The number of aliphatic hydroxyl groups is 1. The summed E-state index contributed by atoms with van der Waals surface area (Å²) < 4.78 is 46.5. The molecule has 41 heavy (non-hydrogen) atoms. The van der Waals surface area contributed by atoms with Crippen molar-refractivity contribution in [3.8, 4) is 5.75 Å². The molecule has 0 radical (unpaired) electrons. The molecular formula is C29H35F3N4O4S. The Labute approximate surface area is 241 Å². The standard InChI is InChI=1S/C29H35F3N4O4S/c1-35(2)24-17-33-23-5-4-19(40-3)16-20(23)26(24)25(37)6-7-29(28(38)34-39)8-10-36(11-9-29)12-13-41-27-21(31)14-18(30)15-22(27)32/h4-5,14-17,25,37,39H,6-13H2,1-3H3,(H,34,38). The van der Waals surface area contributed by atoms with Crippen LogP contribution in [0.5, 0.6) is 5.75 Å². The van der Waals surface area contributed by atoms with Gasteiger partial charge in [0.1, 0.15) is 23.2 Å². The molecule has 0 spiro atoms. The van der Waals surface area contributed by atoms with E-state index in [2.05, 4.69) is 9.88 Å². The number of benzene rings is 2. The number of hydroxylamine groups is 1. The minimum absolute atomic E-state index is 0.218. The monoisotopic (exact) mass is 592 g/mol. The van der Waals surface area contributed by atoms with Crippen molar-refractivity contribution in [2.45, 2.75) is 36.7 Å². The van der Waals surface area contributed by atoms with Crippen molar-refractivity contribution < 1.29 is 33.0 Å². The van der Waals surface area contributed by atoms with Crippen LogP contribution in [-0.2, 0) is 4.79 Å². The van der Waals surface area contributed by atoms with Gasteiger partial charge in [-0.2, -0.15) is 0 Å². The summed E-state index contributed by atoms with van der Waals surface area (Å²) in [5.41, 5.74) is 3.07. The molecule has 3 N–H and O–H groups in total. The Hall–Kier alpha value is -3.06. The molecule has 1 fully saturated rings. The van der Waals surface area contributed by atoms with Crippen LogP contribution >= 0.6 is 11.8 Å². The van der Waals surface area contributed by atoms with Gasteiger partial charge < -0.3 is 19.6 Å². The zero-order valence-corrected chi connectivity index (χ0v) is 24.1. The van der Waals surface area contributed by atoms with E-state index >= 15 is 0 Å². The van der Waals surface area contributed by atoms with E-state index in [0.29, 0.717) is 73.6 Å². The number of amides is 1. The highest BCUT2D eigenvalue weighted by molar-refractivity contribution is 7.99. The van der Waals surface area contributed by atoms with Crippen molar-refractivity contribution in [1.29, 1.82) is 0 Å². The number of halogens is 3. The maximum Gasteiger partial charge on any atom is 0.249 e. The van der Waals surface area contributed by atoms with Gasteiger partial charge in [0.05, 0.1) is 40.9 Å². The number of fused-ring (bicyclic) bond motifs is 1. The summed E-state index contributed by atoms with van der Waals surface area (Å²) in [6.45, 7) is 1.56. The highest BCUT2D eigenvalue weighted by Crippen LogP contribution is 2.41. The molecule has 1 atom stereocenters. The molecule has 1 aliphatic rings. The molecule has 2 heterocycles. The van der Waals surface area contributed by atoms with Crippen molar-refractivity contribution >= 4 is 34.3 Å². The second-order valence-electron chi connectivity index (χ2n) is 10.5. The van der Waals surface area contributed by atoms with Gasteiger partial charge in [0, 0.05) is 49.5 Å². The lowest BCUT2D eigenvalue weighted by atomic mass is 9.73. The van der Waals surface area contributed by atoms with Gasteiger partial charge in [0.15, 0.2) is 0 Å². The van der Waals surface area contributed by atoms with Crippen LogP contribution in [0.1, 0.15) is 37.4 Å². The van der Waals surface area contributed by atoms with Crippen molar-refractivity contribution in [1.82, 2.24) is 15.4 Å². The Morgan fingerprint density at radius 2 is 1.88 bits per heavy atom. The molecule has 1 aliphatic heterocycles. The van der Waals surface area contributed by atoms with Crippen molar-refractivity contribution in [3.63, 3.8) is 0 Å². The molecule has 4 rings (SSSR count). The number of nitrogens with one attached hydrogen (secondary N) is 1. The predicted octanol–water partition coefficient (Wildman–Crippen LogP) is 4.92. The average molecular weight is 593 g/mol. The third-order valence-electron chi connectivity index (χ3n) is 7.82. The van der Waals surface area contributed by atoms with Gasteiger partial charge in [-0.25, -0.2) is 18.7 Å². The summed E-state index contributed by atoms with van der Waals surface area (Å²) in [7, 11) is 5.31. The highest BCUT2D eigenvalue weighted by atomic mass is 32.2. The van der Waals surface area contributed by atoms with Crippen LogP contribution in [0, 0.1) is 22.9 Å². The van der Waals surface area contributed by atoms with Gasteiger partial charge in [-0.1, -0.05) is 0 Å². The summed E-state index contributed by atoms with van der Waals surface area (Å²) in [5, 5.41) is 21.8. The Morgan fingerprint density at radius 1 is 1.20 bits per heavy atom. The van der Waals surface area contributed by atoms with Crippen LogP contribution in [0.25, 0.3) is 10.9 Å². The number of carbonyl (C=O) groups excluding carboxylic acids is 1.